The Bertz CT molecular complexity index is 1170. The van der Waals surface area contributed by atoms with Gasteiger partial charge in [-0.2, -0.15) is 0 Å². The van der Waals surface area contributed by atoms with E-state index in [9.17, 15) is 4.79 Å². The van der Waals surface area contributed by atoms with Gasteiger partial charge in [0.05, 0.1) is 5.41 Å². The van der Waals surface area contributed by atoms with E-state index in [2.05, 4.69) is 29.4 Å². The summed E-state index contributed by atoms with van der Waals surface area (Å²) in [5.74, 6) is 2.01. The molecule has 0 spiro atoms. The maximum atomic E-state index is 13.3. The average molecular weight is 415 g/mol. The molecular weight excluding hydrogens is 390 g/mol. The number of rotatable bonds is 5. The van der Waals surface area contributed by atoms with Crippen molar-refractivity contribution in [2.24, 2.45) is 5.73 Å². The molecule has 0 saturated heterocycles. The third-order valence-electron chi connectivity index (χ3n) is 6.49. The molecule has 3 N–H and O–H groups in total. The summed E-state index contributed by atoms with van der Waals surface area (Å²) in [4.78, 5) is 17.8. The normalized spacial score (nSPS) is 15.6. The number of anilines is 1. The Morgan fingerprint density at radius 3 is 2.52 bits per heavy atom. The lowest BCUT2D eigenvalue weighted by Crippen LogP contribution is -2.28. The Balaban J connectivity index is 1.39. The molecule has 5 rings (SSSR count). The molecule has 2 heterocycles. The van der Waals surface area contributed by atoms with Gasteiger partial charge in [-0.3, -0.25) is 4.79 Å². The molecule has 0 radical (unpaired) electrons. The maximum absolute atomic E-state index is 13.3. The van der Waals surface area contributed by atoms with Crippen LogP contribution in [0.2, 0.25) is 0 Å². The van der Waals surface area contributed by atoms with Gasteiger partial charge < -0.3 is 20.5 Å². The minimum Gasteiger partial charge on any atom is -0.454 e. The van der Waals surface area contributed by atoms with E-state index in [0.29, 0.717) is 18.1 Å². The number of nitrogens with zero attached hydrogens (tertiary/aromatic N) is 1. The van der Waals surface area contributed by atoms with E-state index in [1.165, 1.54) is 0 Å². The smallest absolute Gasteiger partial charge is 0.236 e. The Kier molecular flexibility index (Phi) is 4.67. The molecule has 158 valence electrons. The lowest BCUT2D eigenvalue weighted by Gasteiger charge is -2.18. The van der Waals surface area contributed by atoms with Crippen LogP contribution in [-0.2, 0) is 16.8 Å². The number of fused-ring (bicyclic) bond motifs is 1. The Hall–Kier alpha value is -3.38. The number of hydrogen-bond donors (Lipinski definition) is 2. The minimum atomic E-state index is -0.528. The zero-order valence-corrected chi connectivity index (χ0v) is 17.7. The third kappa shape index (κ3) is 3.33. The number of aromatic nitrogens is 1. The van der Waals surface area contributed by atoms with Crippen LogP contribution in [0.4, 0.5) is 5.82 Å². The first-order chi connectivity index (χ1) is 15.0. The molecule has 2 aromatic carbocycles. The van der Waals surface area contributed by atoms with Crippen molar-refractivity contribution >= 4 is 11.7 Å². The highest BCUT2D eigenvalue weighted by Gasteiger charge is 2.52. The van der Waals surface area contributed by atoms with E-state index in [1.54, 1.807) is 0 Å². The van der Waals surface area contributed by atoms with E-state index in [0.717, 1.165) is 52.0 Å². The molecule has 0 atom stereocenters. The van der Waals surface area contributed by atoms with Gasteiger partial charge in [0, 0.05) is 18.3 Å². The minimum absolute atomic E-state index is 0.0265. The lowest BCUT2D eigenvalue weighted by atomic mass is 9.94. The summed E-state index contributed by atoms with van der Waals surface area (Å²) in [6.45, 7) is 4.80. The Morgan fingerprint density at radius 2 is 1.81 bits per heavy atom. The summed E-state index contributed by atoms with van der Waals surface area (Å²) in [7, 11) is 0. The molecule has 1 amide bonds. The van der Waals surface area contributed by atoms with Crippen molar-refractivity contribution in [2.45, 2.75) is 38.6 Å². The highest BCUT2D eigenvalue weighted by atomic mass is 16.7. The molecule has 6 heteroatoms. The van der Waals surface area contributed by atoms with Crippen molar-refractivity contribution in [3.05, 3.63) is 70.9 Å². The molecule has 2 aliphatic rings. The van der Waals surface area contributed by atoms with Crippen molar-refractivity contribution in [3.8, 4) is 22.6 Å². The second-order valence-corrected chi connectivity index (χ2v) is 8.28. The van der Waals surface area contributed by atoms with Gasteiger partial charge in [0.1, 0.15) is 5.82 Å². The predicted octanol–water partition coefficient (Wildman–Crippen LogP) is 4.22. The quantitative estimate of drug-likeness (QED) is 0.651. The van der Waals surface area contributed by atoms with Crippen LogP contribution in [0.3, 0.4) is 0 Å². The molecule has 1 saturated carbocycles. The van der Waals surface area contributed by atoms with Gasteiger partial charge in [0.25, 0.3) is 0 Å². The zero-order chi connectivity index (χ0) is 21.6. The number of carbonyl (C=O) groups is 1. The molecule has 3 aromatic rings. The maximum Gasteiger partial charge on any atom is 0.236 e. The molecule has 1 aliphatic carbocycles. The Morgan fingerprint density at radius 1 is 1.06 bits per heavy atom. The largest absolute Gasteiger partial charge is 0.454 e. The molecular formula is C25H25N3O3. The summed E-state index contributed by atoms with van der Waals surface area (Å²) >= 11 is 0. The van der Waals surface area contributed by atoms with Gasteiger partial charge in [0.15, 0.2) is 11.5 Å². The molecule has 1 aromatic heterocycles. The van der Waals surface area contributed by atoms with Gasteiger partial charge in [0.2, 0.25) is 12.7 Å². The molecule has 0 bridgehead atoms. The number of amides is 1. The Labute approximate surface area is 181 Å². The summed E-state index contributed by atoms with van der Waals surface area (Å²) < 4.78 is 10.9. The fourth-order valence-electron chi connectivity index (χ4n) is 4.13. The second kappa shape index (κ2) is 7.39. The fraction of sp³-hybridized carbons (Fsp3) is 0.280. The van der Waals surface area contributed by atoms with Crippen LogP contribution in [0.15, 0.2) is 48.7 Å². The topological polar surface area (TPSA) is 86.5 Å². The first-order valence-corrected chi connectivity index (χ1v) is 10.5. The van der Waals surface area contributed by atoms with Crippen molar-refractivity contribution in [2.75, 3.05) is 12.1 Å². The van der Waals surface area contributed by atoms with Crippen molar-refractivity contribution in [1.29, 1.82) is 0 Å². The van der Waals surface area contributed by atoms with Crippen LogP contribution >= 0.6 is 0 Å². The number of nitrogens with one attached hydrogen (secondary N) is 1. The number of nitrogens with two attached hydrogens (primary N) is 1. The van der Waals surface area contributed by atoms with E-state index in [4.69, 9.17) is 15.2 Å². The number of pyridine rings is 1. The first-order valence-electron chi connectivity index (χ1n) is 10.5. The second-order valence-electron chi connectivity index (χ2n) is 8.28. The summed E-state index contributed by atoms with van der Waals surface area (Å²) in [6.07, 6.45) is 3.44. The van der Waals surface area contributed by atoms with Crippen molar-refractivity contribution < 1.29 is 14.3 Å². The molecule has 6 nitrogen and oxygen atoms in total. The number of hydrogen-bond acceptors (Lipinski definition) is 5. The SMILES string of the molecule is Cc1c(-c2ccc(CN)cc2)cnc(NC(=O)C2(c3ccc4c(c3)OCO4)CC2)c1C. The van der Waals surface area contributed by atoms with Crippen LogP contribution in [0.1, 0.15) is 35.1 Å². The van der Waals surface area contributed by atoms with Crippen molar-refractivity contribution in [1.82, 2.24) is 4.98 Å². The van der Waals surface area contributed by atoms with E-state index >= 15 is 0 Å². The highest BCUT2D eigenvalue weighted by molar-refractivity contribution is 6.01. The standard InChI is InChI=1S/C25H25N3O3/c1-15-16(2)23(27-13-20(15)18-5-3-17(12-26)4-6-18)28-24(29)25(9-10-25)19-7-8-21-22(11-19)31-14-30-21/h3-8,11,13H,9-10,12,14,26H2,1-2H3,(H,27,28,29). The number of carbonyl (C=O) groups excluding carboxylic acids is 1. The van der Waals surface area contributed by atoms with Crippen LogP contribution in [-0.4, -0.2) is 17.7 Å². The van der Waals surface area contributed by atoms with Crippen LogP contribution in [0.5, 0.6) is 11.5 Å². The van der Waals surface area contributed by atoms with Gasteiger partial charge in [-0.05, 0) is 66.6 Å². The number of ether oxygens (including phenoxy) is 2. The molecule has 31 heavy (non-hydrogen) atoms. The monoisotopic (exact) mass is 415 g/mol. The lowest BCUT2D eigenvalue weighted by molar-refractivity contribution is -0.118. The van der Waals surface area contributed by atoms with Crippen molar-refractivity contribution in [3.63, 3.8) is 0 Å². The predicted molar refractivity (Wildman–Crippen MR) is 119 cm³/mol. The highest BCUT2D eigenvalue weighted by Crippen LogP contribution is 2.51. The zero-order valence-electron chi connectivity index (χ0n) is 17.7. The van der Waals surface area contributed by atoms with Crippen LogP contribution in [0.25, 0.3) is 11.1 Å². The third-order valence-corrected chi connectivity index (χ3v) is 6.49. The van der Waals surface area contributed by atoms with Gasteiger partial charge >= 0.3 is 0 Å². The van der Waals surface area contributed by atoms with E-state index < -0.39 is 5.41 Å². The summed E-state index contributed by atoms with van der Waals surface area (Å²) in [5.41, 5.74) is 11.4. The summed E-state index contributed by atoms with van der Waals surface area (Å²) in [5, 5.41) is 3.08. The number of benzene rings is 2. The van der Waals surface area contributed by atoms with Crippen LogP contribution < -0.4 is 20.5 Å². The van der Waals surface area contributed by atoms with E-state index in [1.807, 2.05) is 43.5 Å². The van der Waals surface area contributed by atoms with Gasteiger partial charge in [-0.15, -0.1) is 0 Å². The van der Waals surface area contributed by atoms with E-state index in [-0.39, 0.29) is 12.7 Å². The summed E-state index contributed by atoms with van der Waals surface area (Å²) in [6, 6.07) is 13.9. The molecule has 1 aliphatic heterocycles. The van der Waals surface area contributed by atoms with Crippen LogP contribution in [0, 0.1) is 13.8 Å². The van der Waals surface area contributed by atoms with Gasteiger partial charge in [-0.1, -0.05) is 30.3 Å². The molecule has 1 fully saturated rings. The first kappa shape index (κ1) is 19.6. The fourth-order valence-corrected chi connectivity index (χ4v) is 4.13. The van der Waals surface area contributed by atoms with Gasteiger partial charge in [-0.25, -0.2) is 4.98 Å². The average Bonchev–Trinajstić information content (AvgIpc) is 3.48. The molecule has 0 unspecified atom stereocenters.